The van der Waals surface area contributed by atoms with Gasteiger partial charge < -0.3 is 27.1 Å². The fraction of sp³-hybridized carbons (Fsp3) is 1.00. The van der Waals surface area contributed by atoms with Gasteiger partial charge in [0.25, 0.3) is 0 Å². The topological polar surface area (TPSA) is 107 Å². The van der Waals surface area contributed by atoms with E-state index in [1.807, 2.05) is 0 Å². The molecule has 0 radical (unpaired) electrons. The van der Waals surface area contributed by atoms with Crippen LogP contribution in [0.5, 0.6) is 0 Å². The molecule has 0 unspecified atom stereocenters. The van der Waals surface area contributed by atoms with Crippen molar-refractivity contribution >= 4 is 22.8 Å². The van der Waals surface area contributed by atoms with Crippen molar-refractivity contribution in [2.75, 3.05) is 59.6 Å². The fourth-order valence-electron chi connectivity index (χ4n) is 1.70. The van der Waals surface area contributed by atoms with E-state index in [-0.39, 0.29) is 0 Å². The molecule has 0 N–H and O–H groups in total. The van der Waals surface area contributed by atoms with Crippen LogP contribution in [0.2, 0.25) is 0 Å². The third-order valence-electron chi connectivity index (χ3n) is 2.87. The maximum Gasteiger partial charge on any atom is 0.327 e. The maximum atomic E-state index is 11.0. The third kappa shape index (κ3) is 11.1. The summed E-state index contributed by atoms with van der Waals surface area (Å²) in [5, 5.41) is 0. The minimum absolute atomic E-state index is 0.480. The van der Waals surface area contributed by atoms with E-state index >= 15 is 0 Å². The van der Waals surface area contributed by atoms with E-state index < -0.39 is 22.8 Å². The second-order valence-electron chi connectivity index (χ2n) is 5.37. The van der Waals surface area contributed by atoms with Gasteiger partial charge in [-0.2, -0.15) is 0 Å². The Morgan fingerprint density at radius 2 is 0.708 bits per heavy atom. The standard InChI is InChI=1S/C5H11O3P.C4H9O3P.C3H7O3P/c1-9(6)7-4-2-3-5-8-9;1-8(5)6-3-2-4-7-8;1-7(4)5-2-3-6-7/h2-5H2,1H3;2-4H2,1H3;2-3H2,1H3. The zero-order valence-corrected chi connectivity index (χ0v) is 17.1. The van der Waals surface area contributed by atoms with E-state index in [2.05, 4.69) is 9.05 Å². The molecule has 0 aliphatic carbocycles. The van der Waals surface area contributed by atoms with Gasteiger partial charge in [-0.3, -0.25) is 13.7 Å². The molecule has 0 aromatic rings. The molecule has 0 bridgehead atoms. The number of hydrogen-bond donors (Lipinski definition) is 0. The second kappa shape index (κ2) is 10.6. The largest absolute Gasteiger partial charge is 0.327 e. The van der Waals surface area contributed by atoms with Crippen LogP contribution in [0.1, 0.15) is 19.3 Å². The molecule has 24 heavy (non-hydrogen) atoms. The van der Waals surface area contributed by atoms with Gasteiger partial charge in [0.1, 0.15) is 0 Å². The average molecular weight is 408 g/mol. The maximum absolute atomic E-state index is 11.0. The highest BCUT2D eigenvalue weighted by molar-refractivity contribution is 7.53. The van der Waals surface area contributed by atoms with Crippen LogP contribution in [-0.4, -0.2) is 59.6 Å². The van der Waals surface area contributed by atoms with E-state index in [9.17, 15) is 13.7 Å². The lowest BCUT2D eigenvalue weighted by molar-refractivity contribution is 0.150. The van der Waals surface area contributed by atoms with Crippen molar-refractivity contribution in [3.05, 3.63) is 0 Å². The molecule has 0 spiro atoms. The molecule has 3 aliphatic rings. The summed E-state index contributed by atoms with van der Waals surface area (Å²) in [6.07, 6.45) is 2.77. The van der Waals surface area contributed by atoms with Crippen LogP contribution in [0, 0.1) is 0 Å². The van der Waals surface area contributed by atoms with Crippen LogP contribution < -0.4 is 0 Å². The SMILES string of the molecule is CP1(=O)OCCCCO1.CP1(=O)OCCCO1.CP1(=O)OCCO1. The van der Waals surface area contributed by atoms with Crippen molar-refractivity contribution in [3.8, 4) is 0 Å². The molecule has 12 heteroatoms. The number of rotatable bonds is 0. The van der Waals surface area contributed by atoms with Crippen molar-refractivity contribution in [1.29, 1.82) is 0 Å². The van der Waals surface area contributed by atoms with E-state index in [4.69, 9.17) is 18.1 Å². The lowest BCUT2D eigenvalue weighted by Gasteiger charge is -2.18. The quantitative estimate of drug-likeness (QED) is 0.554. The lowest BCUT2D eigenvalue weighted by atomic mass is 10.3. The first-order valence-electron chi connectivity index (χ1n) is 7.72. The van der Waals surface area contributed by atoms with Gasteiger partial charge in [-0.1, -0.05) is 0 Å². The normalized spacial score (nSPS) is 27.6. The molecule has 0 amide bonds. The first kappa shape index (κ1) is 22.5. The summed E-state index contributed by atoms with van der Waals surface area (Å²) in [4.78, 5) is 0. The van der Waals surface area contributed by atoms with Gasteiger partial charge in [-0.25, -0.2) is 0 Å². The summed E-state index contributed by atoms with van der Waals surface area (Å²) >= 11 is 0. The molecular formula is C12H27O9P3. The Labute approximate surface area is 143 Å². The molecule has 3 aliphatic heterocycles. The van der Waals surface area contributed by atoms with Crippen LogP contribution in [0.15, 0.2) is 0 Å². The van der Waals surface area contributed by atoms with Gasteiger partial charge in [0.05, 0.1) is 39.6 Å². The van der Waals surface area contributed by atoms with E-state index in [1.54, 1.807) is 0 Å². The summed E-state index contributed by atoms with van der Waals surface area (Å²) < 4.78 is 61.2. The van der Waals surface area contributed by atoms with E-state index in [0.29, 0.717) is 39.6 Å². The minimum atomic E-state index is -2.63. The molecule has 3 heterocycles. The molecule has 0 aromatic carbocycles. The van der Waals surface area contributed by atoms with Gasteiger partial charge >= 0.3 is 22.8 Å². The molecule has 9 nitrogen and oxygen atoms in total. The van der Waals surface area contributed by atoms with Crippen molar-refractivity contribution in [2.24, 2.45) is 0 Å². The van der Waals surface area contributed by atoms with Crippen molar-refractivity contribution in [2.45, 2.75) is 19.3 Å². The van der Waals surface area contributed by atoms with Gasteiger partial charge in [-0.05, 0) is 19.3 Å². The van der Waals surface area contributed by atoms with Crippen LogP contribution in [0.3, 0.4) is 0 Å². The monoisotopic (exact) mass is 408 g/mol. The summed E-state index contributed by atoms with van der Waals surface area (Å²) in [5.74, 6) is 0. The van der Waals surface area contributed by atoms with Gasteiger partial charge in [0, 0.05) is 20.0 Å². The smallest absolute Gasteiger partial charge is 0.309 e. The van der Waals surface area contributed by atoms with Crippen molar-refractivity contribution in [1.82, 2.24) is 0 Å². The minimum Gasteiger partial charge on any atom is -0.309 e. The zero-order chi connectivity index (χ0) is 18.1. The number of hydrogen-bond acceptors (Lipinski definition) is 9. The van der Waals surface area contributed by atoms with Crippen molar-refractivity contribution < 1.29 is 40.8 Å². The predicted molar refractivity (Wildman–Crippen MR) is 90.2 cm³/mol. The Kier molecular flexibility index (Phi) is 9.90. The Hall–Kier alpha value is 0.450. The Morgan fingerprint density at radius 1 is 0.458 bits per heavy atom. The predicted octanol–water partition coefficient (Wildman–Crippen LogP) is 3.74. The molecule has 144 valence electrons. The summed E-state index contributed by atoms with van der Waals surface area (Å²) in [7, 11) is -7.76. The van der Waals surface area contributed by atoms with Gasteiger partial charge in [0.2, 0.25) is 0 Å². The molecule has 0 atom stereocenters. The van der Waals surface area contributed by atoms with Crippen LogP contribution in [0.4, 0.5) is 0 Å². The average Bonchev–Trinajstić information content (AvgIpc) is 2.76. The summed E-state index contributed by atoms with van der Waals surface area (Å²) in [5.41, 5.74) is 0. The van der Waals surface area contributed by atoms with Crippen LogP contribution in [-0.2, 0) is 40.8 Å². The lowest BCUT2D eigenvalue weighted by Crippen LogP contribution is -2.06. The highest BCUT2D eigenvalue weighted by Gasteiger charge is 2.22. The summed E-state index contributed by atoms with van der Waals surface area (Å²) in [6, 6.07) is 0. The highest BCUT2D eigenvalue weighted by Crippen LogP contribution is 2.47. The third-order valence-corrected chi connectivity index (χ3v) is 6.78. The Bertz CT molecular complexity index is 478. The highest BCUT2D eigenvalue weighted by atomic mass is 31.2. The molecule has 3 rings (SSSR count). The van der Waals surface area contributed by atoms with Gasteiger partial charge in [0.15, 0.2) is 0 Å². The summed E-state index contributed by atoms with van der Waals surface area (Å²) in [6.45, 7) is 7.75. The van der Waals surface area contributed by atoms with Crippen LogP contribution >= 0.6 is 22.8 Å². The molecule has 0 aromatic heterocycles. The van der Waals surface area contributed by atoms with Gasteiger partial charge in [-0.15, -0.1) is 0 Å². The fourth-order valence-corrected chi connectivity index (χ4v) is 4.58. The van der Waals surface area contributed by atoms with Crippen LogP contribution in [0.25, 0.3) is 0 Å². The first-order chi connectivity index (χ1) is 11.1. The molecule has 3 fully saturated rings. The Balaban J connectivity index is 0.000000181. The van der Waals surface area contributed by atoms with Crippen molar-refractivity contribution in [3.63, 3.8) is 0 Å². The zero-order valence-electron chi connectivity index (χ0n) is 14.4. The second-order valence-corrected chi connectivity index (χ2v) is 11.6. The molecule has 0 saturated carbocycles. The molecular weight excluding hydrogens is 381 g/mol. The first-order valence-corrected chi connectivity index (χ1v) is 13.7. The van der Waals surface area contributed by atoms with E-state index in [1.165, 1.54) is 20.0 Å². The molecule has 3 saturated heterocycles. The van der Waals surface area contributed by atoms with E-state index in [0.717, 1.165) is 19.3 Å². The Morgan fingerprint density at radius 3 is 0.917 bits per heavy atom.